The van der Waals surface area contributed by atoms with Crippen LogP contribution in [0.1, 0.15) is 45.0 Å². The molecule has 4 nitrogen and oxygen atoms in total. The molecule has 2 aromatic heterocycles. The molecule has 26 heavy (non-hydrogen) atoms. The van der Waals surface area contributed by atoms with Gasteiger partial charge in [0, 0.05) is 35.2 Å². The van der Waals surface area contributed by atoms with Crippen LogP contribution in [-0.2, 0) is 5.41 Å². The summed E-state index contributed by atoms with van der Waals surface area (Å²) in [5, 5.41) is 5.60. The lowest BCUT2D eigenvalue weighted by molar-refractivity contribution is 0.568. The molecule has 0 N–H and O–H groups in total. The number of hydrogen-bond acceptors (Lipinski definition) is 3. The number of fused-ring (bicyclic) bond motifs is 1. The third-order valence-corrected chi connectivity index (χ3v) is 5.33. The molecular weight excluding hydrogens is 344 g/mol. The van der Waals surface area contributed by atoms with E-state index < -0.39 is 0 Å². The minimum Gasteiger partial charge on any atom is -0.356 e. The Bertz CT molecular complexity index is 945. The standard InChI is InChI=1S/C21H25ClN4/c1-14-19(15-7-9-16(22)10-8-15)20-23-17(21(2,3)4)13-18(26(20)24-14)25-11-5-6-12-25/h7-10,13H,5-6,11-12H2,1-4H3. The Morgan fingerprint density at radius 1 is 1.04 bits per heavy atom. The summed E-state index contributed by atoms with van der Waals surface area (Å²) in [4.78, 5) is 7.47. The quantitative estimate of drug-likeness (QED) is 0.619. The number of benzene rings is 1. The molecule has 5 heteroatoms. The number of hydrogen-bond donors (Lipinski definition) is 0. The van der Waals surface area contributed by atoms with Crippen LogP contribution < -0.4 is 4.90 Å². The molecule has 1 aliphatic heterocycles. The summed E-state index contributed by atoms with van der Waals surface area (Å²) in [6.45, 7) is 10.9. The number of rotatable bonds is 2. The Hall–Kier alpha value is -2.07. The van der Waals surface area contributed by atoms with Gasteiger partial charge in [-0.3, -0.25) is 0 Å². The Balaban J connectivity index is 2.00. The molecule has 0 unspecified atom stereocenters. The second kappa shape index (κ2) is 6.27. The van der Waals surface area contributed by atoms with Crippen molar-refractivity contribution in [1.29, 1.82) is 0 Å². The van der Waals surface area contributed by atoms with Gasteiger partial charge < -0.3 is 4.90 Å². The maximum absolute atomic E-state index is 6.08. The highest BCUT2D eigenvalue weighted by Gasteiger charge is 2.25. The Labute approximate surface area is 159 Å². The van der Waals surface area contributed by atoms with Gasteiger partial charge in [0.1, 0.15) is 5.82 Å². The Morgan fingerprint density at radius 2 is 1.69 bits per heavy atom. The normalized spacial score (nSPS) is 15.2. The van der Waals surface area contributed by atoms with Crippen LogP contribution in [0, 0.1) is 6.92 Å². The van der Waals surface area contributed by atoms with Crippen LogP contribution in [0.2, 0.25) is 5.02 Å². The Morgan fingerprint density at radius 3 is 2.31 bits per heavy atom. The van der Waals surface area contributed by atoms with Crippen LogP contribution in [0.3, 0.4) is 0 Å². The van der Waals surface area contributed by atoms with E-state index >= 15 is 0 Å². The zero-order valence-corrected chi connectivity index (χ0v) is 16.6. The minimum absolute atomic E-state index is 0.0222. The average Bonchev–Trinajstić information content (AvgIpc) is 3.21. The number of aromatic nitrogens is 3. The zero-order valence-electron chi connectivity index (χ0n) is 15.9. The van der Waals surface area contributed by atoms with Crippen LogP contribution >= 0.6 is 11.6 Å². The van der Waals surface area contributed by atoms with E-state index in [0.29, 0.717) is 0 Å². The van der Waals surface area contributed by atoms with Crippen LogP contribution in [0.4, 0.5) is 5.82 Å². The van der Waals surface area contributed by atoms with Gasteiger partial charge in [-0.1, -0.05) is 44.5 Å². The number of nitrogens with zero attached hydrogens (tertiary/aromatic N) is 4. The molecule has 4 rings (SSSR count). The third kappa shape index (κ3) is 2.96. The summed E-state index contributed by atoms with van der Waals surface area (Å²) >= 11 is 6.08. The van der Waals surface area contributed by atoms with E-state index in [4.69, 9.17) is 21.7 Å². The van der Waals surface area contributed by atoms with E-state index in [9.17, 15) is 0 Å². The van der Waals surface area contributed by atoms with Gasteiger partial charge in [0.05, 0.1) is 11.4 Å². The van der Waals surface area contributed by atoms with Crippen molar-refractivity contribution < 1.29 is 0 Å². The highest BCUT2D eigenvalue weighted by atomic mass is 35.5. The van der Waals surface area contributed by atoms with Gasteiger partial charge in [-0.2, -0.15) is 9.61 Å². The van der Waals surface area contributed by atoms with Gasteiger partial charge in [-0.05, 0) is 37.5 Å². The summed E-state index contributed by atoms with van der Waals surface area (Å²) < 4.78 is 2.03. The molecule has 0 atom stereocenters. The SMILES string of the molecule is Cc1nn2c(N3CCCC3)cc(C(C)(C)C)nc2c1-c1ccc(Cl)cc1. The van der Waals surface area contributed by atoms with Gasteiger partial charge in [-0.25, -0.2) is 4.98 Å². The fraction of sp³-hybridized carbons (Fsp3) is 0.429. The van der Waals surface area contributed by atoms with Gasteiger partial charge in [0.2, 0.25) is 0 Å². The fourth-order valence-corrected chi connectivity index (χ4v) is 3.74. The smallest absolute Gasteiger partial charge is 0.165 e. The Kier molecular flexibility index (Phi) is 4.19. The molecule has 1 fully saturated rings. The van der Waals surface area contributed by atoms with Crippen LogP contribution in [0.15, 0.2) is 30.3 Å². The first-order valence-corrected chi connectivity index (χ1v) is 9.64. The summed E-state index contributed by atoms with van der Waals surface area (Å²) in [6, 6.07) is 10.2. The number of halogens is 1. The van der Waals surface area contributed by atoms with E-state index in [1.807, 2.05) is 28.8 Å². The van der Waals surface area contributed by atoms with Crippen molar-refractivity contribution in [3.63, 3.8) is 0 Å². The molecular formula is C21H25ClN4. The minimum atomic E-state index is -0.0222. The molecule has 3 aromatic rings. The lowest BCUT2D eigenvalue weighted by Gasteiger charge is -2.23. The highest BCUT2D eigenvalue weighted by Crippen LogP contribution is 2.34. The van der Waals surface area contributed by atoms with Gasteiger partial charge >= 0.3 is 0 Å². The molecule has 0 spiro atoms. The van der Waals surface area contributed by atoms with Crippen LogP contribution in [0.25, 0.3) is 16.8 Å². The summed E-state index contributed by atoms with van der Waals surface area (Å²) in [5.74, 6) is 1.15. The highest BCUT2D eigenvalue weighted by molar-refractivity contribution is 6.30. The van der Waals surface area contributed by atoms with E-state index in [1.165, 1.54) is 12.8 Å². The topological polar surface area (TPSA) is 33.4 Å². The van der Waals surface area contributed by atoms with Crippen molar-refractivity contribution in [3.05, 3.63) is 46.7 Å². The molecule has 0 bridgehead atoms. The summed E-state index contributed by atoms with van der Waals surface area (Å²) in [7, 11) is 0. The first kappa shape index (κ1) is 17.3. The number of aryl methyl sites for hydroxylation is 1. The number of anilines is 1. The van der Waals surface area contributed by atoms with E-state index in [1.54, 1.807) is 0 Å². The maximum Gasteiger partial charge on any atom is 0.165 e. The van der Waals surface area contributed by atoms with Crippen molar-refractivity contribution in [2.24, 2.45) is 0 Å². The molecule has 0 radical (unpaired) electrons. The molecule has 3 heterocycles. The summed E-state index contributed by atoms with van der Waals surface area (Å²) in [5.41, 5.74) is 5.19. The molecule has 136 valence electrons. The summed E-state index contributed by atoms with van der Waals surface area (Å²) in [6.07, 6.45) is 2.47. The van der Waals surface area contributed by atoms with Crippen molar-refractivity contribution in [1.82, 2.24) is 14.6 Å². The largest absolute Gasteiger partial charge is 0.356 e. The van der Waals surface area contributed by atoms with Crippen molar-refractivity contribution in [2.45, 2.75) is 46.0 Å². The van der Waals surface area contributed by atoms with Crippen molar-refractivity contribution >= 4 is 23.1 Å². The van der Waals surface area contributed by atoms with Crippen molar-refractivity contribution in [2.75, 3.05) is 18.0 Å². The lowest BCUT2D eigenvalue weighted by atomic mass is 9.91. The molecule has 0 aliphatic carbocycles. The maximum atomic E-state index is 6.08. The molecule has 0 amide bonds. The van der Waals surface area contributed by atoms with Crippen molar-refractivity contribution in [3.8, 4) is 11.1 Å². The molecule has 0 saturated carbocycles. The van der Waals surface area contributed by atoms with E-state index in [0.717, 1.165) is 52.1 Å². The first-order valence-electron chi connectivity index (χ1n) is 9.26. The fourth-order valence-electron chi connectivity index (χ4n) is 3.62. The van der Waals surface area contributed by atoms with Gasteiger partial charge in [-0.15, -0.1) is 0 Å². The van der Waals surface area contributed by atoms with Crippen LogP contribution in [0.5, 0.6) is 0 Å². The first-order chi connectivity index (χ1) is 12.3. The molecule has 1 aliphatic rings. The lowest BCUT2D eigenvalue weighted by Crippen LogP contribution is -2.23. The predicted octanol–water partition coefficient (Wildman–Crippen LogP) is 5.26. The zero-order chi connectivity index (χ0) is 18.5. The van der Waals surface area contributed by atoms with E-state index in [2.05, 4.69) is 38.7 Å². The second-order valence-corrected chi connectivity index (χ2v) is 8.58. The monoisotopic (exact) mass is 368 g/mol. The predicted molar refractivity (Wildman–Crippen MR) is 108 cm³/mol. The average molecular weight is 369 g/mol. The molecule has 1 aromatic carbocycles. The van der Waals surface area contributed by atoms with Crippen LogP contribution in [-0.4, -0.2) is 27.7 Å². The second-order valence-electron chi connectivity index (χ2n) is 8.15. The van der Waals surface area contributed by atoms with Gasteiger partial charge in [0.15, 0.2) is 5.65 Å². The molecule has 1 saturated heterocycles. The third-order valence-electron chi connectivity index (χ3n) is 5.08. The van der Waals surface area contributed by atoms with E-state index in [-0.39, 0.29) is 5.41 Å². The van der Waals surface area contributed by atoms with Gasteiger partial charge in [0.25, 0.3) is 0 Å².